The van der Waals surface area contributed by atoms with Crippen LogP contribution in [0.15, 0.2) is 42.2 Å². The fraction of sp³-hybridized carbons (Fsp3) is 0.182. The summed E-state index contributed by atoms with van der Waals surface area (Å²) >= 11 is 0. The van der Waals surface area contributed by atoms with Crippen LogP contribution in [0.4, 0.5) is 0 Å². The topological polar surface area (TPSA) is 47.3 Å². The molecule has 0 radical (unpaired) electrons. The molecule has 3 nitrogen and oxygen atoms in total. The van der Waals surface area contributed by atoms with Crippen LogP contribution in [0, 0.1) is 5.41 Å². The van der Waals surface area contributed by atoms with E-state index in [9.17, 15) is 5.11 Å². The molecule has 0 spiro atoms. The molecule has 0 saturated heterocycles. The molecule has 0 aliphatic carbocycles. The molecular formula is C11H12N2O. The average Bonchev–Trinajstić information content (AvgIpc) is 2.47. The maximum atomic E-state index is 9.23. The molecule has 1 aliphatic heterocycles. The summed E-state index contributed by atoms with van der Waals surface area (Å²) < 4.78 is 0. The maximum absolute atomic E-state index is 9.23. The zero-order chi connectivity index (χ0) is 9.97. The Bertz CT molecular complexity index is 370. The molecule has 1 aromatic rings. The molecule has 1 aromatic carbocycles. The van der Waals surface area contributed by atoms with Gasteiger partial charge in [-0.3, -0.25) is 5.41 Å². The molecule has 0 atom stereocenters. The smallest absolute Gasteiger partial charge is 0.124 e. The first-order valence-corrected chi connectivity index (χ1v) is 4.52. The van der Waals surface area contributed by atoms with Crippen molar-refractivity contribution in [2.75, 3.05) is 6.54 Å². The Morgan fingerprint density at radius 3 is 2.57 bits per heavy atom. The molecule has 2 N–H and O–H groups in total. The van der Waals surface area contributed by atoms with Gasteiger partial charge >= 0.3 is 0 Å². The summed E-state index contributed by atoms with van der Waals surface area (Å²) in [7, 11) is 0. The summed E-state index contributed by atoms with van der Waals surface area (Å²) in [5, 5.41) is 16.8. The third kappa shape index (κ3) is 1.76. The molecule has 0 bridgehead atoms. The SMILES string of the molecule is N=C1C=C(O)CN1Cc1ccccc1. The van der Waals surface area contributed by atoms with E-state index in [4.69, 9.17) is 5.41 Å². The highest BCUT2D eigenvalue weighted by Gasteiger charge is 2.17. The molecule has 0 fully saturated rings. The monoisotopic (exact) mass is 188 g/mol. The van der Waals surface area contributed by atoms with Crippen LogP contribution >= 0.6 is 0 Å². The van der Waals surface area contributed by atoms with E-state index in [0.29, 0.717) is 18.9 Å². The van der Waals surface area contributed by atoms with Gasteiger partial charge in [-0.15, -0.1) is 0 Å². The van der Waals surface area contributed by atoms with E-state index in [0.717, 1.165) is 5.56 Å². The third-order valence-corrected chi connectivity index (χ3v) is 2.21. The maximum Gasteiger partial charge on any atom is 0.124 e. The van der Waals surface area contributed by atoms with E-state index in [-0.39, 0.29) is 5.76 Å². The van der Waals surface area contributed by atoms with Gasteiger partial charge in [-0.2, -0.15) is 0 Å². The van der Waals surface area contributed by atoms with E-state index in [1.54, 1.807) is 0 Å². The molecule has 1 aliphatic rings. The van der Waals surface area contributed by atoms with E-state index in [1.807, 2.05) is 35.2 Å². The Morgan fingerprint density at radius 1 is 1.29 bits per heavy atom. The van der Waals surface area contributed by atoms with Gasteiger partial charge in [0.2, 0.25) is 0 Å². The predicted octanol–water partition coefficient (Wildman–Crippen LogP) is 1.92. The lowest BCUT2D eigenvalue weighted by Crippen LogP contribution is -2.24. The van der Waals surface area contributed by atoms with Gasteiger partial charge in [0, 0.05) is 12.6 Å². The largest absolute Gasteiger partial charge is 0.510 e. The van der Waals surface area contributed by atoms with Gasteiger partial charge < -0.3 is 10.0 Å². The first-order valence-electron chi connectivity index (χ1n) is 4.52. The van der Waals surface area contributed by atoms with E-state index >= 15 is 0 Å². The zero-order valence-corrected chi connectivity index (χ0v) is 7.77. The van der Waals surface area contributed by atoms with Crippen LogP contribution < -0.4 is 0 Å². The summed E-state index contributed by atoms with van der Waals surface area (Å²) in [6.07, 6.45) is 1.49. The molecule has 14 heavy (non-hydrogen) atoms. The first-order chi connectivity index (χ1) is 6.75. The number of amidine groups is 1. The molecule has 0 aromatic heterocycles. The van der Waals surface area contributed by atoms with Gasteiger partial charge in [0.1, 0.15) is 11.6 Å². The number of aliphatic hydroxyl groups excluding tert-OH is 1. The summed E-state index contributed by atoms with van der Waals surface area (Å²) in [5.41, 5.74) is 1.15. The lowest BCUT2D eigenvalue weighted by Gasteiger charge is -2.17. The van der Waals surface area contributed by atoms with Crippen molar-refractivity contribution in [3.05, 3.63) is 47.7 Å². The zero-order valence-electron chi connectivity index (χ0n) is 7.77. The summed E-state index contributed by atoms with van der Waals surface area (Å²) in [6, 6.07) is 9.95. The van der Waals surface area contributed by atoms with Crippen molar-refractivity contribution in [2.24, 2.45) is 0 Å². The highest BCUT2D eigenvalue weighted by atomic mass is 16.3. The van der Waals surface area contributed by atoms with Gasteiger partial charge in [-0.1, -0.05) is 30.3 Å². The number of aliphatic hydroxyl groups is 1. The van der Waals surface area contributed by atoms with Gasteiger partial charge in [-0.05, 0) is 5.56 Å². The van der Waals surface area contributed by atoms with Crippen LogP contribution in [0.25, 0.3) is 0 Å². The Hall–Kier alpha value is -1.77. The minimum atomic E-state index is 0.269. The third-order valence-electron chi connectivity index (χ3n) is 2.21. The molecule has 2 rings (SSSR count). The van der Waals surface area contributed by atoms with Gasteiger partial charge in [0.25, 0.3) is 0 Å². The molecule has 0 unspecified atom stereocenters. The van der Waals surface area contributed by atoms with E-state index < -0.39 is 0 Å². The van der Waals surface area contributed by atoms with Crippen molar-refractivity contribution in [3.8, 4) is 0 Å². The van der Waals surface area contributed by atoms with Crippen LogP contribution in [0.3, 0.4) is 0 Å². The summed E-state index contributed by atoms with van der Waals surface area (Å²) in [6.45, 7) is 1.13. The second-order valence-electron chi connectivity index (χ2n) is 3.36. The van der Waals surface area contributed by atoms with Gasteiger partial charge in [0.15, 0.2) is 0 Å². The average molecular weight is 188 g/mol. The van der Waals surface area contributed by atoms with E-state index in [1.165, 1.54) is 6.08 Å². The predicted molar refractivity (Wildman–Crippen MR) is 55.3 cm³/mol. The normalized spacial score (nSPS) is 15.9. The van der Waals surface area contributed by atoms with Crippen molar-refractivity contribution in [1.29, 1.82) is 5.41 Å². The van der Waals surface area contributed by atoms with Crippen molar-refractivity contribution < 1.29 is 5.11 Å². The van der Waals surface area contributed by atoms with Crippen LogP contribution in [-0.4, -0.2) is 22.4 Å². The van der Waals surface area contributed by atoms with Crippen molar-refractivity contribution in [1.82, 2.24) is 4.90 Å². The van der Waals surface area contributed by atoms with Crippen molar-refractivity contribution in [2.45, 2.75) is 6.54 Å². The van der Waals surface area contributed by atoms with E-state index in [2.05, 4.69) is 0 Å². The Labute approximate surface area is 82.8 Å². The second-order valence-corrected chi connectivity index (χ2v) is 3.36. The Morgan fingerprint density at radius 2 is 2.00 bits per heavy atom. The quantitative estimate of drug-likeness (QED) is 0.744. The molecule has 0 saturated carbocycles. The first kappa shape index (κ1) is 8.81. The highest BCUT2D eigenvalue weighted by Crippen LogP contribution is 2.12. The number of rotatable bonds is 2. The minimum absolute atomic E-state index is 0.269. The fourth-order valence-corrected chi connectivity index (χ4v) is 1.52. The van der Waals surface area contributed by atoms with Crippen LogP contribution in [0.1, 0.15) is 5.56 Å². The Balaban J connectivity index is 2.04. The number of nitrogens with zero attached hydrogens (tertiary/aromatic N) is 1. The van der Waals surface area contributed by atoms with Gasteiger partial charge in [0.05, 0.1) is 6.54 Å². The molecular weight excluding hydrogens is 176 g/mol. The number of nitrogens with one attached hydrogen (secondary N) is 1. The summed E-state index contributed by atoms with van der Waals surface area (Å²) in [4.78, 5) is 1.82. The lowest BCUT2D eigenvalue weighted by molar-refractivity contribution is 0.346. The summed E-state index contributed by atoms with van der Waals surface area (Å²) in [5.74, 6) is 0.650. The van der Waals surface area contributed by atoms with Gasteiger partial charge in [-0.25, -0.2) is 0 Å². The van der Waals surface area contributed by atoms with Crippen molar-refractivity contribution in [3.63, 3.8) is 0 Å². The Kier molecular flexibility index (Phi) is 2.23. The molecule has 0 amide bonds. The number of hydrogen-bond donors (Lipinski definition) is 2. The number of hydrogen-bond acceptors (Lipinski definition) is 2. The van der Waals surface area contributed by atoms with Crippen LogP contribution in [0.5, 0.6) is 0 Å². The number of benzene rings is 1. The molecule has 3 heteroatoms. The second kappa shape index (κ2) is 3.54. The molecule has 72 valence electrons. The lowest BCUT2D eigenvalue weighted by atomic mass is 10.2. The highest BCUT2D eigenvalue weighted by molar-refractivity contribution is 5.93. The van der Waals surface area contributed by atoms with Crippen molar-refractivity contribution >= 4 is 5.84 Å². The van der Waals surface area contributed by atoms with Crippen LogP contribution in [-0.2, 0) is 6.54 Å². The fourth-order valence-electron chi connectivity index (χ4n) is 1.52. The molecule has 1 heterocycles. The minimum Gasteiger partial charge on any atom is -0.510 e. The van der Waals surface area contributed by atoms with Crippen LogP contribution in [0.2, 0.25) is 0 Å². The standard InChI is InChI=1S/C11H12N2O/c12-11-6-10(14)8-13(11)7-9-4-2-1-3-5-9/h1-6,12,14H,7-8H2.